The van der Waals surface area contributed by atoms with Crippen molar-refractivity contribution in [3.8, 4) is 5.75 Å². The maximum atomic E-state index is 12.3. The van der Waals surface area contributed by atoms with Crippen molar-refractivity contribution in [3.63, 3.8) is 0 Å². The van der Waals surface area contributed by atoms with E-state index in [9.17, 15) is 19.7 Å². The van der Waals surface area contributed by atoms with E-state index in [1.54, 1.807) is 24.3 Å². The van der Waals surface area contributed by atoms with Crippen molar-refractivity contribution in [2.75, 3.05) is 11.9 Å². The van der Waals surface area contributed by atoms with Crippen molar-refractivity contribution in [2.24, 2.45) is 5.10 Å². The number of nitro groups is 1. The van der Waals surface area contributed by atoms with Crippen LogP contribution in [-0.4, -0.2) is 29.6 Å². The van der Waals surface area contributed by atoms with Crippen LogP contribution in [0.3, 0.4) is 0 Å². The predicted molar refractivity (Wildman–Crippen MR) is 125 cm³/mol. The summed E-state index contributed by atoms with van der Waals surface area (Å²) in [4.78, 5) is 34.8. The maximum absolute atomic E-state index is 12.3. The minimum absolute atomic E-state index is 0.130. The highest BCUT2D eigenvalue weighted by Gasteiger charge is 2.17. The molecule has 0 saturated heterocycles. The SMILES string of the molecule is Cc1ccc(NC(=O)COc2ccc(C=NNC(=O)c3cccc([N+](=O)[O-])c3C)cc2)cc1. The molecule has 0 heterocycles. The molecule has 0 aromatic heterocycles. The third kappa shape index (κ3) is 6.47. The molecule has 0 aliphatic heterocycles. The third-order valence-electron chi connectivity index (χ3n) is 4.71. The van der Waals surface area contributed by atoms with Gasteiger partial charge in [0.15, 0.2) is 6.61 Å². The average Bonchev–Trinajstić information content (AvgIpc) is 2.80. The van der Waals surface area contributed by atoms with Crippen LogP contribution in [0.25, 0.3) is 0 Å². The second-order valence-electron chi connectivity index (χ2n) is 7.18. The Morgan fingerprint density at radius 2 is 1.73 bits per heavy atom. The number of hydrogen-bond donors (Lipinski definition) is 2. The van der Waals surface area contributed by atoms with E-state index in [-0.39, 0.29) is 29.3 Å². The van der Waals surface area contributed by atoms with Crippen LogP contribution in [-0.2, 0) is 4.79 Å². The van der Waals surface area contributed by atoms with E-state index < -0.39 is 10.8 Å². The Balaban J connectivity index is 1.50. The largest absolute Gasteiger partial charge is 0.484 e. The predicted octanol–water partition coefficient (Wildman–Crippen LogP) is 3.99. The van der Waals surface area contributed by atoms with Gasteiger partial charge in [-0.05, 0) is 61.9 Å². The van der Waals surface area contributed by atoms with E-state index >= 15 is 0 Å². The Kier molecular flexibility index (Phi) is 7.48. The minimum Gasteiger partial charge on any atom is -0.484 e. The van der Waals surface area contributed by atoms with Crippen molar-refractivity contribution in [1.29, 1.82) is 0 Å². The zero-order chi connectivity index (χ0) is 23.8. The summed E-state index contributed by atoms with van der Waals surface area (Å²) in [6.45, 7) is 3.34. The number of benzene rings is 3. The molecule has 0 unspecified atom stereocenters. The van der Waals surface area contributed by atoms with Crippen molar-refractivity contribution >= 4 is 29.4 Å². The Morgan fingerprint density at radius 3 is 2.39 bits per heavy atom. The molecule has 2 amide bonds. The van der Waals surface area contributed by atoms with Gasteiger partial charge in [0.05, 0.1) is 16.7 Å². The molecular formula is C24H22N4O5. The van der Waals surface area contributed by atoms with Gasteiger partial charge in [-0.15, -0.1) is 0 Å². The van der Waals surface area contributed by atoms with E-state index in [2.05, 4.69) is 15.8 Å². The van der Waals surface area contributed by atoms with E-state index in [1.165, 1.54) is 31.3 Å². The third-order valence-corrected chi connectivity index (χ3v) is 4.71. The van der Waals surface area contributed by atoms with Crippen molar-refractivity contribution in [3.05, 3.63) is 99.1 Å². The van der Waals surface area contributed by atoms with Crippen LogP contribution in [0.2, 0.25) is 0 Å². The molecular weight excluding hydrogens is 424 g/mol. The van der Waals surface area contributed by atoms with Crippen LogP contribution in [0.15, 0.2) is 71.8 Å². The van der Waals surface area contributed by atoms with E-state index in [4.69, 9.17) is 4.74 Å². The van der Waals surface area contributed by atoms with Gasteiger partial charge in [0, 0.05) is 17.3 Å². The topological polar surface area (TPSA) is 123 Å². The highest BCUT2D eigenvalue weighted by Crippen LogP contribution is 2.21. The molecule has 0 fully saturated rings. The van der Waals surface area contributed by atoms with Crippen molar-refractivity contribution in [2.45, 2.75) is 13.8 Å². The molecule has 168 valence electrons. The fourth-order valence-electron chi connectivity index (χ4n) is 2.93. The standard InChI is InChI=1S/C24H22N4O5/c1-16-6-10-19(11-7-16)26-23(29)15-33-20-12-8-18(9-13-20)14-25-27-24(30)21-4-3-5-22(17(21)2)28(31)32/h3-14H,15H2,1-2H3,(H,26,29)(H,27,30). The van der Waals surface area contributed by atoms with Gasteiger partial charge in [0.25, 0.3) is 17.5 Å². The summed E-state index contributed by atoms with van der Waals surface area (Å²) in [7, 11) is 0. The summed E-state index contributed by atoms with van der Waals surface area (Å²) in [6, 6.07) is 18.5. The Bertz CT molecular complexity index is 1190. The summed E-state index contributed by atoms with van der Waals surface area (Å²) in [5.74, 6) is -0.321. The number of nitro benzene ring substituents is 1. The second-order valence-corrected chi connectivity index (χ2v) is 7.18. The van der Waals surface area contributed by atoms with E-state index in [0.29, 0.717) is 17.0 Å². The molecule has 3 aromatic carbocycles. The summed E-state index contributed by atoms with van der Waals surface area (Å²) >= 11 is 0. The lowest BCUT2D eigenvalue weighted by Crippen LogP contribution is -2.20. The van der Waals surface area contributed by atoms with Gasteiger partial charge in [-0.2, -0.15) is 5.10 Å². The molecule has 0 radical (unpaired) electrons. The first-order valence-electron chi connectivity index (χ1n) is 10.0. The number of anilines is 1. The lowest BCUT2D eigenvalue weighted by atomic mass is 10.1. The molecule has 0 saturated carbocycles. The van der Waals surface area contributed by atoms with Gasteiger partial charge in [0.1, 0.15) is 5.75 Å². The summed E-state index contributed by atoms with van der Waals surface area (Å²) in [6.07, 6.45) is 1.43. The molecule has 9 nitrogen and oxygen atoms in total. The Hall–Kier alpha value is -4.53. The molecule has 0 aliphatic rings. The number of nitrogens with one attached hydrogen (secondary N) is 2. The number of carbonyl (C=O) groups excluding carboxylic acids is 2. The van der Waals surface area contributed by atoms with Crippen LogP contribution in [0, 0.1) is 24.0 Å². The Morgan fingerprint density at radius 1 is 1.03 bits per heavy atom. The number of hydrogen-bond acceptors (Lipinski definition) is 6. The van der Waals surface area contributed by atoms with E-state index in [1.807, 2.05) is 31.2 Å². The zero-order valence-corrected chi connectivity index (χ0v) is 18.1. The van der Waals surface area contributed by atoms with E-state index in [0.717, 1.165) is 5.56 Å². The van der Waals surface area contributed by atoms with Crippen LogP contribution in [0.4, 0.5) is 11.4 Å². The lowest BCUT2D eigenvalue weighted by Gasteiger charge is -2.08. The number of ether oxygens (including phenoxy) is 1. The smallest absolute Gasteiger partial charge is 0.273 e. The lowest BCUT2D eigenvalue weighted by molar-refractivity contribution is -0.385. The van der Waals surface area contributed by atoms with Crippen LogP contribution in [0.5, 0.6) is 5.75 Å². The molecule has 3 rings (SSSR count). The normalized spacial score (nSPS) is 10.6. The quantitative estimate of drug-likeness (QED) is 0.308. The fourth-order valence-corrected chi connectivity index (χ4v) is 2.93. The first-order valence-corrected chi connectivity index (χ1v) is 10.0. The number of amides is 2. The molecule has 2 N–H and O–H groups in total. The van der Waals surface area contributed by atoms with Crippen molar-refractivity contribution < 1.29 is 19.2 Å². The molecule has 9 heteroatoms. The molecule has 3 aromatic rings. The summed E-state index contributed by atoms with van der Waals surface area (Å²) < 4.78 is 5.48. The first-order chi connectivity index (χ1) is 15.8. The monoisotopic (exact) mass is 446 g/mol. The minimum atomic E-state index is -0.549. The molecule has 33 heavy (non-hydrogen) atoms. The highest BCUT2D eigenvalue weighted by atomic mass is 16.6. The molecule has 0 aliphatic carbocycles. The van der Waals surface area contributed by atoms with Gasteiger partial charge in [-0.3, -0.25) is 19.7 Å². The van der Waals surface area contributed by atoms with Crippen LogP contribution < -0.4 is 15.5 Å². The van der Waals surface area contributed by atoms with Crippen molar-refractivity contribution in [1.82, 2.24) is 5.43 Å². The summed E-state index contributed by atoms with van der Waals surface area (Å²) in [5, 5.41) is 17.7. The van der Waals surface area contributed by atoms with Gasteiger partial charge in [-0.1, -0.05) is 23.8 Å². The van der Waals surface area contributed by atoms with Gasteiger partial charge >= 0.3 is 0 Å². The number of rotatable bonds is 8. The van der Waals surface area contributed by atoms with Crippen LogP contribution in [0.1, 0.15) is 27.0 Å². The number of carbonyl (C=O) groups is 2. The number of aryl methyl sites for hydroxylation is 1. The molecule has 0 bridgehead atoms. The molecule has 0 spiro atoms. The zero-order valence-electron chi connectivity index (χ0n) is 18.1. The average molecular weight is 446 g/mol. The Labute approximate surface area is 190 Å². The molecule has 0 atom stereocenters. The second kappa shape index (κ2) is 10.7. The van der Waals surface area contributed by atoms with Gasteiger partial charge in [0.2, 0.25) is 0 Å². The maximum Gasteiger partial charge on any atom is 0.273 e. The first kappa shape index (κ1) is 23.1. The number of hydrazone groups is 1. The fraction of sp³-hybridized carbons (Fsp3) is 0.125. The van der Waals surface area contributed by atoms with Gasteiger partial charge < -0.3 is 10.1 Å². The van der Waals surface area contributed by atoms with Crippen LogP contribution >= 0.6 is 0 Å². The summed E-state index contributed by atoms with van der Waals surface area (Å²) in [5.41, 5.74) is 5.15. The highest BCUT2D eigenvalue weighted by molar-refractivity contribution is 5.97. The van der Waals surface area contributed by atoms with Gasteiger partial charge in [-0.25, -0.2) is 5.43 Å². The number of nitrogens with zero attached hydrogens (tertiary/aromatic N) is 2.